The topological polar surface area (TPSA) is 0 Å². The molecule has 2 rings (SSSR count). The van der Waals surface area contributed by atoms with Gasteiger partial charge in [0.25, 0.3) is 0 Å². The van der Waals surface area contributed by atoms with Crippen LogP contribution in [0.5, 0.6) is 0 Å². The highest BCUT2D eigenvalue weighted by atomic mass is 35.5. The fourth-order valence-electron chi connectivity index (χ4n) is 2.25. The maximum atomic E-state index is 6.61. The molecule has 20 heavy (non-hydrogen) atoms. The largest absolute Gasteiger partial charge is 0.140 e. The third-order valence-electron chi connectivity index (χ3n) is 3.38. The third-order valence-corrected chi connectivity index (χ3v) is 9.99. The first kappa shape index (κ1) is 18.7. The Balaban J connectivity index is 2.67. The average molecular weight is 479 g/mol. The number of halogens is 10. The highest BCUT2D eigenvalue weighted by Crippen LogP contribution is 2.65. The molecular formula is C10H4Cl10. The molecule has 4 atom stereocenters. The molecule has 0 aliphatic heterocycles. The van der Waals surface area contributed by atoms with Crippen molar-refractivity contribution in [3.05, 3.63) is 20.1 Å². The van der Waals surface area contributed by atoms with Gasteiger partial charge in [0, 0.05) is 0 Å². The van der Waals surface area contributed by atoms with Crippen LogP contribution in [-0.4, -0.2) is 31.3 Å². The summed E-state index contributed by atoms with van der Waals surface area (Å²) in [4.78, 5) is -3.26. The molecule has 0 aromatic heterocycles. The van der Waals surface area contributed by atoms with E-state index in [9.17, 15) is 0 Å². The van der Waals surface area contributed by atoms with Crippen LogP contribution in [0.25, 0.3) is 0 Å². The minimum Gasteiger partial charge on any atom is -0.120 e. The van der Waals surface area contributed by atoms with Gasteiger partial charge in [-0.25, -0.2) is 0 Å². The van der Waals surface area contributed by atoms with Gasteiger partial charge in [-0.05, 0) is 0 Å². The first-order chi connectivity index (χ1) is 9.02. The normalized spacial score (nSPS) is 44.7. The molecule has 0 aromatic rings. The van der Waals surface area contributed by atoms with Gasteiger partial charge in [-0.2, -0.15) is 0 Å². The Morgan fingerprint density at radius 3 is 1.25 bits per heavy atom. The average Bonchev–Trinajstić information content (AvgIpc) is 2.68. The number of rotatable bonds is 1. The van der Waals surface area contributed by atoms with Crippen LogP contribution in [0.3, 0.4) is 0 Å². The number of alkyl halides is 6. The fraction of sp³-hybridized carbons (Fsp3) is 0.600. The molecule has 2 aliphatic rings. The zero-order chi connectivity index (χ0) is 15.6. The van der Waals surface area contributed by atoms with Crippen LogP contribution in [0.1, 0.15) is 0 Å². The molecule has 114 valence electrons. The highest BCUT2D eigenvalue weighted by Gasteiger charge is 2.71. The number of allylic oxidation sites excluding steroid dienone is 4. The van der Waals surface area contributed by atoms with Crippen molar-refractivity contribution in [3.8, 4) is 0 Å². The van der Waals surface area contributed by atoms with E-state index in [2.05, 4.69) is 0 Å². The van der Waals surface area contributed by atoms with Crippen LogP contribution in [0, 0.1) is 0 Å². The van der Waals surface area contributed by atoms with Crippen LogP contribution < -0.4 is 0 Å². The fourth-order valence-corrected chi connectivity index (χ4v) is 6.69. The van der Waals surface area contributed by atoms with Crippen LogP contribution >= 0.6 is 116 Å². The van der Waals surface area contributed by atoms with Gasteiger partial charge in [0.2, 0.25) is 0 Å². The summed E-state index contributed by atoms with van der Waals surface area (Å²) in [5.74, 6) is 0. The standard InChI is InChI=1S/C10H4Cl10/c11-1-2(12)6(16)9(19,5(1)15)10(20)7(17)3(13)4(14)8(10)18/h1-2,5-6H. The summed E-state index contributed by atoms with van der Waals surface area (Å²) < 4.78 is 0. The minimum atomic E-state index is -1.69. The maximum Gasteiger partial charge on any atom is 0.140 e. The Labute approximate surface area is 166 Å². The lowest BCUT2D eigenvalue weighted by Gasteiger charge is -2.42. The predicted molar refractivity (Wildman–Crippen MR) is 93.2 cm³/mol. The lowest BCUT2D eigenvalue weighted by atomic mass is 9.89. The molecule has 1 saturated carbocycles. The maximum absolute atomic E-state index is 6.61. The van der Waals surface area contributed by atoms with E-state index in [4.69, 9.17) is 116 Å². The van der Waals surface area contributed by atoms with Crippen molar-refractivity contribution in [1.82, 2.24) is 0 Å². The Hall–Kier alpha value is 2.38. The van der Waals surface area contributed by atoms with Gasteiger partial charge in [0.05, 0.1) is 41.6 Å². The van der Waals surface area contributed by atoms with Gasteiger partial charge in [-0.3, -0.25) is 0 Å². The molecule has 0 heterocycles. The van der Waals surface area contributed by atoms with E-state index in [0.29, 0.717) is 0 Å². The Bertz CT molecular complexity index is 470. The van der Waals surface area contributed by atoms with Gasteiger partial charge in [0.15, 0.2) is 0 Å². The van der Waals surface area contributed by atoms with Crippen molar-refractivity contribution >= 4 is 116 Å². The van der Waals surface area contributed by atoms with Crippen molar-refractivity contribution in [2.75, 3.05) is 0 Å². The molecule has 0 bridgehead atoms. The third kappa shape index (κ3) is 2.17. The summed E-state index contributed by atoms with van der Waals surface area (Å²) in [7, 11) is 0. The second-order valence-electron chi connectivity index (χ2n) is 4.37. The van der Waals surface area contributed by atoms with Crippen molar-refractivity contribution in [2.24, 2.45) is 0 Å². The monoisotopic (exact) mass is 474 g/mol. The molecule has 0 aromatic carbocycles. The molecule has 1 fully saturated rings. The van der Waals surface area contributed by atoms with Crippen LogP contribution in [0.15, 0.2) is 20.1 Å². The van der Waals surface area contributed by atoms with Crippen LogP contribution in [0.4, 0.5) is 0 Å². The lowest BCUT2D eigenvalue weighted by molar-refractivity contribution is 0.543. The summed E-state index contributed by atoms with van der Waals surface area (Å²) in [5.41, 5.74) is 0. The van der Waals surface area contributed by atoms with Gasteiger partial charge >= 0.3 is 0 Å². The smallest absolute Gasteiger partial charge is 0.120 e. The zero-order valence-electron chi connectivity index (χ0n) is 9.09. The molecule has 0 nitrogen and oxygen atoms in total. The molecule has 2 aliphatic carbocycles. The molecule has 0 N–H and O–H groups in total. The van der Waals surface area contributed by atoms with Crippen LogP contribution in [-0.2, 0) is 0 Å². The Morgan fingerprint density at radius 2 is 0.950 bits per heavy atom. The summed E-state index contributed by atoms with van der Waals surface area (Å²) in [6, 6.07) is 0. The predicted octanol–water partition coefficient (Wildman–Crippen LogP) is 6.78. The van der Waals surface area contributed by atoms with Crippen molar-refractivity contribution in [2.45, 2.75) is 31.3 Å². The van der Waals surface area contributed by atoms with E-state index in [-0.39, 0.29) is 20.1 Å². The van der Waals surface area contributed by atoms with E-state index in [1.807, 2.05) is 0 Å². The highest BCUT2D eigenvalue weighted by molar-refractivity contribution is 6.61. The molecular weight excluding hydrogens is 475 g/mol. The van der Waals surface area contributed by atoms with Crippen molar-refractivity contribution in [1.29, 1.82) is 0 Å². The van der Waals surface area contributed by atoms with E-state index in [1.165, 1.54) is 0 Å². The summed E-state index contributed by atoms with van der Waals surface area (Å²) in [5, 5.41) is -3.43. The van der Waals surface area contributed by atoms with Crippen molar-refractivity contribution < 1.29 is 0 Å². The van der Waals surface area contributed by atoms with Gasteiger partial charge in [-0.1, -0.05) is 46.4 Å². The quantitative estimate of drug-likeness (QED) is 0.365. The zero-order valence-corrected chi connectivity index (χ0v) is 16.6. The number of hydrogen-bond donors (Lipinski definition) is 0. The van der Waals surface area contributed by atoms with Gasteiger partial charge in [0.1, 0.15) is 9.75 Å². The van der Waals surface area contributed by atoms with Gasteiger partial charge in [-0.15, -0.1) is 69.6 Å². The Kier molecular flexibility index (Phi) is 5.64. The molecule has 0 radical (unpaired) electrons. The Morgan fingerprint density at radius 1 is 0.650 bits per heavy atom. The summed E-state index contributed by atoms with van der Waals surface area (Å²) in [6.45, 7) is 0. The number of hydrogen-bond acceptors (Lipinski definition) is 0. The first-order valence-corrected chi connectivity index (χ1v) is 9.10. The van der Waals surface area contributed by atoms with E-state index < -0.39 is 31.3 Å². The van der Waals surface area contributed by atoms with Crippen molar-refractivity contribution in [3.63, 3.8) is 0 Å². The summed E-state index contributed by atoms with van der Waals surface area (Å²) >= 11 is 62.3. The second-order valence-corrected chi connectivity index (χ2v) is 9.03. The molecule has 0 spiro atoms. The SMILES string of the molecule is ClC1=C(Cl)C(Cl)(C2(Cl)C(Cl)C(Cl)C(Cl)C2Cl)C(Cl)=C1Cl. The molecule has 0 amide bonds. The molecule has 0 saturated heterocycles. The van der Waals surface area contributed by atoms with E-state index >= 15 is 0 Å². The van der Waals surface area contributed by atoms with Crippen LogP contribution in [0.2, 0.25) is 0 Å². The van der Waals surface area contributed by atoms with E-state index in [0.717, 1.165) is 0 Å². The van der Waals surface area contributed by atoms with E-state index in [1.54, 1.807) is 0 Å². The lowest BCUT2D eigenvalue weighted by Crippen LogP contribution is -2.55. The first-order valence-electron chi connectivity index (χ1n) is 5.08. The molecule has 4 unspecified atom stereocenters. The summed E-state index contributed by atoms with van der Waals surface area (Å²) in [6.07, 6.45) is 0. The second kappa shape index (κ2) is 6.03. The minimum absolute atomic E-state index is 0.00904. The molecule has 10 heteroatoms. The van der Waals surface area contributed by atoms with Gasteiger partial charge < -0.3 is 0 Å².